The van der Waals surface area contributed by atoms with E-state index in [1.807, 2.05) is 26.8 Å². The Hall–Kier alpha value is -1.52. The van der Waals surface area contributed by atoms with Gasteiger partial charge in [-0.15, -0.1) is 0 Å². The fourth-order valence-electron chi connectivity index (χ4n) is 1.42. The Morgan fingerprint density at radius 1 is 1.62 bits per heavy atom. The normalized spacial score (nSPS) is 17.4. The zero-order valence-electron chi connectivity index (χ0n) is 9.93. The summed E-state index contributed by atoms with van der Waals surface area (Å²) < 4.78 is 5.26. The van der Waals surface area contributed by atoms with Crippen LogP contribution in [0.2, 0.25) is 0 Å². The van der Waals surface area contributed by atoms with E-state index in [9.17, 15) is 4.79 Å². The Morgan fingerprint density at radius 3 is 2.88 bits per heavy atom. The molecule has 1 aliphatic rings. The first kappa shape index (κ1) is 12.5. The Bertz CT molecular complexity index is 316. The molecule has 1 aliphatic heterocycles. The van der Waals surface area contributed by atoms with E-state index < -0.39 is 5.60 Å². The van der Waals surface area contributed by atoms with Crippen LogP contribution in [0.25, 0.3) is 0 Å². The average Bonchev–Trinajstić information content (AvgIpc) is 2.16. The number of hydrogen-bond donors (Lipinski definition) is 1. The number of carbonyl (C=O) groups excluding carboxylic acids is 1. The highest BCUT2D eigenvalue weighted by molar-refractivity contribution is 5.80. The van der Waals surface area contributed by atoms with Crippen molar-refractivity contribution in [3.63, 3.8) is 0 Å². The molecule has 0 saturated heterocycles. The summed E-state index contributed by atoms with van der Waals surface area (Å²) in [6.45, 7) is 6.57. The number of rotatable bonds is 1. The number of carbonyl (C=O) groups is 1. The minimum atomic E-state index is -0.483. The summed E-state index contributed by atoms with van der Waals surface area (Å²) in [5.41, 5.74) is 0.336. The highest BCUT2D eigenvalue weighted by Gasteiger charge is 2.23. The first-order valence-electron chi connectivity index (χ1n) is 5.27. The molecule has 0 bridgehead atoms. The highest BCUT2D eigenvalue weighted by Crippen LogP contribution is 2.14. The van der Waals surface area contributed by atoms with Gasteiger partial charge in [0, 0.05) is 6.54 Å². The fourth-order valence-corrected chi connectivity index (χ4v) is 1.42. The first-order valence-corrected chi connectivity index (χ1v) is 5.27. The second kappa shape index (κ2) is 5.01. The molecule has 0 aromatic heterocycles. The van der Waals surface area contributed by atoms with Crippen molar-refractivity contribution in [3.8, 4) is 0 Å². The standard InChI is InChI=1S/C11H18N2O3/c1-11(2,3)16-10(14)13-6-4-5-9(8-13)7-12-15/h5,7,15H,4,6,8H2,1-3H3/b12-7+. The lowest BCUT2D eigenvalue weighted by molar-refractivity contribution is 0.0265. The average molecular weight is 226 g/mol. The maximum atomic E-state index is 11.7. The van der Waals surface area contributed by atoms with Gasteiger partial charge in [-0.05, 0) is 32.8 Å². The Balaban J connectivity index is 2.57. The van der Waals surface area contributed by atoms with Crippen LogP contribution >= 0.6 is 0 Å². The van der Waals surface area contributed by atoms with Gasteiger partial charge in [0.2, 0.25) is 0 Å². The van der Waals surface area contributed by atoms with Crippen molar-refractivity contribution in [1.29, 1.82) is 0 Å². The third kappa shape index (κ3) is 3.92. The maximum Gasteiger partial charge on any atom is 0.410 e. The third-order valence-corrected chi connectivity index (χ3v) is 2.05. The van der Waals surface area contributed by atoms with Gasteiger partial charge in [-0.3, -0.25) is 0 Å². The largest absolute Gasteiger partial charge is 0.444 e. The van der Waals surface area contributed by atoms with E-state index >= 15 is 0 Å². The van der Waals surface area contributed by atoms with Crippen LogP contribution < -0.4 is 0 Å². The van der Waals surface area contributed by atoms with Crippen molar-refractivity contribution in [2.24, 2.45) is 5.16 Å². The summed E-state index contributed by atoms with van der Waals surface area (Å²) in [5.74, 6) is 0. The fraction of sp³-hybridized carbons (Fsp3) is 0.636. The zero-order chi connectivity index (χ0) is 12.2. The highest BCUT2D eigenvalue weighted by atomic mass is 16.6. The van der Waals surface area contributed by atoms with E-state index in [-0.39, 0.29) is 6.09 Å². The van der Waals surface area contributed by atoms with Crippen molar-refractivity contribution in [2.45, 2.75) is 32.8 Å². The smallest absolute Gasteiger partial charge is 0.410 e. The van der Waals surface area contributed by atoms with Gasteiger partial charge in [0.25, 0.3) is 0 Å². The summed E-state index contributed by atoms with van der Waals surface area (Å²) in [6, 6.07) is 0. The van der Waals surface area contributed by atoms with E-state index in [1.165, 1.54) is 6.21 Å². The topological polar surface area (TPSA) is 62.1 Å². The Labute approximate surface area is 95.4 Å². The molecule has 1 rings (SSSR count). The van der Waals surface area contributed by atoms with Crippen LogP contribution in [0.3, 0.4) is 0 Å². The molecule has 1 amide bonds. The minimum absolute atomic E-state index is 0.329. The summed E-state index contributed by atoms with van der Waals surface area (Å²) in [7, 11) is 0. The third-order valence-electron chi connectivity index (χ3n) is 2.05. The molecule has 0 radical (unpaired) electrons. The van der Waals surface area contributed by atoms with E-state index in [2.05, 4.69) is 5.16 Å². The molecule has 1 heterocycles. The van der Waals surface area contributed by atoms with Crippen LogP contribution in [0.4, 0.5) is 4.79 Å². The van der Waals surface area contributed by atoms with Gasteiger partial charge in [-0.2, -0.15) is 0 Å². The molecule has 0 fully saturated rings. The molecule has 0 aliphatic carbocycles. The van der Waals surface area contributed by atoms with Gasteiger partial charge in [0.15, 0.2) is 0 Å². The second-order valence-electron chi connectivity index (χ2n) is 4.71. The number of ether oxygens (including phenoxy) is 1. The van der Waals surface area contributed by atoms with E-state index in [0.717, 1.165) is 12.0 Å². The molecular formula is C11H18N2O3. The number of oxime groups is 1. The summed E-state index contributed by atoms with van der Waals surface area (Å²) in [6.07, 6.45) is 3.71. The molecule has 0 unspecified atom stereocenters. The van der Waals surface area contributed by atoms with Gasteiger partial charge >= 0.3 is 6.09 Å². The van der Waals surface area contributed by atoms with Crippen LogP contribution in [-0.2, 0) is 4.74 Å². The number of nitrogens with zero attached hydrogens (tertiary/aromatic N) is 2. The lowest BCUT2D eigenvalue weighted by atomic mass is 10.1. The molecule has 16 heavy (non-hydrogen) atoms. The van der Waals surface area contributed by atoms with Gasteiger partial charge in [-0.1, -0.05) is 11.2 Å². The van der Waals surface area contributed by atoms with Crippen LogP contribution in [0.1, 0.15) is 27.2 Å². The molecular weight excluding hydrogens is 208 g/mol. The number of amides is 1. The lowest BCUT2D eigenvalue weighted by Crippen LogP contribution is -2.40. The van der Waals surface area contributed by atoms with E-state index in [1.54, 1.807) is 4.90 Å². The summed E-state index contributed by atoms with van der Waals surface area (Å²) in [4.78, 5) is 13.3. The van der Waals surface area contributed by atoms with E-state index in [0.29, 0.717) is 13.1 Å². The summed E-state index contributed by atoms with van der Waals surface area (Å²) >= 11 is 0. The molecule has 5 nitrogen and oxygen atoms in total. The van der Waals surface area contributed by atoms with Gasteiger partial charge < -0.3 is 14.8 Å². The van der Waals surface area contributed by atoms with Crippen LogP contribution in [0.5, 0.6) is 0 Å². The van der Waals surface area contributed by atoms with Gasteiger partial charge in [0.1, 0.15) is 5.60 Å². The zero-order valence-corrected chi connectivity index (χ0v) is 9.93. The second-order valence-corrected chi connectivity index (χ2v) is 4.71. The molecule has 0 saturated carbocycles. The van der Waals surface area contributed by atoms with E-state index in [4.69, 9.17) is 9.94 Å². The van der Waals surface area contributed by atoms with Crippen molar-refractivity contribution in [1.82, 2.24) is 4.90 Å². The monoisotopic (exact) mass is 226 g/mol. The molecule has 0 atom stereocenters. The minimum Gasteiger partial charge on any atom is -0.444 e. The SMILES string of the molecule is CC(C)(C)OC(=O)N1CCC=C(/C=N/O)C1. The molecule has 5 heteroatoms. The lowest BCUT2D eigenvalue weighted by Gasteiger charge is -2.29. The quantitative estimate of drug-likeness (QED) is 0.422. The predicted octanol–water partition coefficient (Wildman–Crippen LogP) is 2.01. The maximum absolute atomic E-state index is 11.7. The van der Waals surface area contributed by atoms with Crippen LogP contribution in [0, 0.1) is 0 Å². The Kier molecular flexibility index (Phi) is 3.93. The molecule has 1 N–H and O–H groups in total. The molecule has 0 aromatic rings. The first-order chi connectivity index (χ1) is 7.42. The van der Waals surface area contributed by atoms with Crippen LogP contribution in [-0.4, -0.2) is 41.1 Å². The predicted molar refractivity (Wildman–Crippen MR) is 60.8 cm³/mol. The van der Waals surface area contributed by atoms with Crippen molar-refractivity contribution < 1.29 is 14.7 Å². The summed E-state index contributed by atoms with van der Waals surface area (Å²) in [5, 5.41) is 11.4. The Morgan fingerprint density at radius 2 is 2.31 bits per heavy atom. The van der Waals surface area contributed by atoms with Crippen molar-refractivity contribution in [2.75, 3.05) is 13.1 Å². The number of hydrogen-bond acceptors (Lipinski definition) is 4. The van der Waals surface area contributed by atoms with Gasteiger partial charge in [0.05, 0.1) is 12.8 Å². The van der Waals surface area contributed by atoms with Crippen LogP contribution in [0.15, 0.2) is 16.8 Å². The molecule has 0 spiro atoms. The van der Waals surface area contributed by atoms with Gasteiger partial charge in [-0.25, -0.2) is 4.79 Å². The van der Waals surface area contributed by atoms with Crippen molar-refractivity contribution >= 4 is 12.3 Å². The molecule has 0 aromatic carbocycles. The van der Waals surface area contributed by atoms with Crippen molar-refractivity contribution in [3.05, 3.63) is 11.6 Å². The molecule has 90 valence electrons.